The van der Waals surface area contributed by atoms with Crippen molar-refractivity contribution in [3.63, 3.8) is 0 Å². The molecule has 1 N–H and O–H groups in total. The first kappa shape index (κ1) is 18.7. The third kappa shape index (κ3) is 3.94. The van der Waals surface area contributed by atoms with Gasteiger partial charge in [0.05, 0.1) is 5.02 Å². The maximum atomic E-state index is 12.2. The number of hydrogen-bond donors (Lipinski definition) is 1. The fourth-order valence-electron chi connectivity index (χ4n) is 2.49. The van der Waals surface area contributed by atoms with Crippen molar-refractivity contribution in [3.05, 3.63) is 58.3 Å². The number of halogens is 2. The number of amides is 1. The van der Waals surface area contributed by atoms with Gasteiger partial charge in [0.15, 0.2) is 12.4 Å². The molecule has 0 unspecified atom stereocenters. The third-order valence-corrected chi connectivity index (χ3v) is 5.27. The smallest absolute Gasteiger partial charge is 0.262 e. The van der Waals surface area contributed by atoms with Crippen molar-refractivity contribution in [2.75, 3.05) is 11.9 Å². The summed E-state index contributed by atoms with van der Waals surface area (Å²) in [5.41, 5.74) is 1.50. The lowest BCUT2D eigenvalue weighted by atomic mass is 10.2. The number of nitrogens with one attached hydrogen (secondary N) is 1. The number of ether oxygens (including phenoxy) is 1. The molecule has 2 aromatic carbocycles. The van der Waals surface area contributed by atoms with Gasteiger partial charge in [0.2, 0.25) is 4.96 Å². The molecule has 4 aromatic rings. The predicted molar refractivity (Wildman–Crippen MR) is 109 cm³/mol. The Morgan fingerprint density at radius 2 is 2.07 bits per heavy atom. The van der Waals surface area contributed by atoms with Gasteiger partial charge in [-0.15, -0.1) is 10.2 Å². The molecule has 2 aromatic heterocycles. The van der Waals surface area contributed by atoms with Gasteiger partial charge >= 0.3 is 0 Å². The SMILES string of the molecule is Cc1nnc2sc(-c3cccc(NC(=O)COc4ccc(Cl)cc4Cl)c3)nn12. The van der Waals surface area contributed by atoms with Gasteiger partial charge in [-0.25, -0.2) is 0 Å². The Balaban J connectivity index is 1.44. The maximum Gasteiger partial charge on any atom is 0.262 e. The van der Waals surface area contributed by atoms with E-state index in [1.807, 2.05) is 25.1 Å². The van der Waals surface area contributed by atoms with E-state index in [-0.39, 0.29) is 12.5 Å². The van der Waals surface area contributed by atoms with Crippen LogP contribution in [0.3, 0.4) is 0 Å². The van der Waals surface area contributed by atoms with Gasteiger partial charge in [0.25, 0.3) is 5.91 Å². The van der Waals surface area contributed by atoms with Gasteiger partial charge in [-0.05, 0) is 37.3 Å². The molecule has 0 aliphatic heterocycles. The summed E-state index contributed by atoms with van der Waals surface area (Å²) in [7, 11) is 0. The van der Waals surface area contributed by atoms with E-state index in [0.717, 1.165) is 21.4 Å². The van der Waals surface area contributed by atoms with Crippen LogP contribution in [-0.2, 0) is 4.79 Å². The molecule has 0 radical (unpaired) electrons. The van der Waals surface area contributed by atoms with E-state index in [9.17, 15) is 4.79 Å². The molecule has 4 rings (SSSR count). The van der Waals surface area contributed by atoms with Crippen LogP contribution in [0.4, 0.5) is 5.69 Å². The number of fused-ring (bicyclic) bond motifs is 1. The minimum absolute atomic E-state index is 0.179. The van der Waals surface area contributed by atoms with Crippen LogP contribution < -0.4 is 10.1 Å². The van der Waals surface area contributed by atoms with E-state index in [0.29, 0.717) is 21.5 Å². The molecule has 0 aliphatic carbocycles. The Labute approximate surface area is 173 Å². The molecule has 142 valence electrons. The second-order valence-electron chi connectivity index (χ2n) is 5.84. The van der Waals surface area contributed by atoms with E-state index in [1.54, 1.807) is 28.8 Å². The highest BCUT2D eigenvalue weighted by Crippen LogP contribution is 2.28. The molecule has 28 heavy (non-hydrogen) atoms. The van der Waals surface area contributed by atoms with E-state index < -0.39 is 0 Å². The molecular weight excluding hydrogens is 421 g/mol. The number of hydrogen-bond acceptors (Lipinski definition) is 6. The first-order chi connectivity index (χ1) is 13.5. The Morgan fingerprint density at radius 3 is 2.86 bits per heavy atom. The number of rotatable bonds is 5. The van der Waals surface area contributed by atoms with Crippen LogP contribution in [-0.4, -0.2) is 32.3 Å². The highest BCUT2D eigenvalue weighted by molar-refractivity contribution is 7.19. The zero-order chi connectivity index (χ0) is 19.7. The van der Waals surface area contributed by atoms with Gasteiger partial charge in [-0.3, -0.25) is 4.79 Å². The molecule has 0 aliphatic rings. The lowest BCUT2D eigenvalue weighted by Crippen LogP contribution is -2.20. The van der Waals surface area contributed by atoms with Gasteiger partial charge < -0.3 is 10.1 Å². The Bertz CT molecular complexity index is 1170. The van der Waals surface area contributed by atoms with Gasteiger partial charge in [0, 0.05) is 16.3 Å². The van der Waals surface area contributed by atoms with E-state index in [2.05, 4.69) is 20.6 Å². The fourth-order valence-corrected chi connectivity index (χ4v) is 3.84. The molecule has 1 amide bonds. The van der Waals surface area contributed by atoms with Crippen molar-refractivity contribution in [3.8, 4) is 16.3 Å². The van der Waals surface area contributed by atoms with Gasteiger partial charge in [-0.2, -0.15) is 9.61 Å². The van der Waals surface area contributed by atoms with Crippen molar-refractivity contribution < 1.29 is 9.53 Å². The number of carbonyl (C=O) groups is 1. The van der Waals surface area contributed by atoms with Crippen molar-refractivity contribution in [2.45, 2.75) is 6.92 Å². The molecule has 0 spiro atoms. The van der Waals surface area contributed by atoms with Crippen molar-refractivity contribution in [1.82, 2.24) is 19.8 Å². The van der Waals surface area contributed by atoms with Gasteiger partial charge in [-0.1, -0.05) is 46.7 Å². The maximum absolute atomic E-state index is 12.2. The highest BCUT2D eigenvalue weighted by Gasteiger charge is 2.12. The van der Waals surface area contributed by atoms with Crippen LogP contribution in [0.1, 0.15) is 5.82 Å². The average molecular weight is 434 g/mol. The van der Waals surface area contributed by atoms with Crippen LogP contribution in [0, 0.1) is 6.92 Å². The lowest BCUT2D eigenvalue weighted by molar-refractivity contribution is -0.118. The van der Waals surface area contributed by atoms with Gasteiger partial charge in [0.1, 0.15) is 10.8 Å². The second-order valence-corrected chi connectivity index (χ2v) is 7.64. The quantitative estimate of drug-likeness (QED) is 0.501. The summed E-state index contributed by atoms with van der Waals surface area (Å²) in [4.78, 5) is 12.9. The molecule has 0 atom stereocenters. The number of aromatic nitrogens is 4. The number of aryl methyl sites for hydroxylation is 1. The summed E-state index contributed by atoms with van der Waals surface area (Å²) in [6.07, 6.45) is 0. The number of carbonyl (C=O) groups excluding carboxylic acids is 1. The van der Waals surface area contributed by atoms with Crippen LogP contribution in [0.25, 0.3) is 15.5 Å². The van der Waals surface area contributed by atoms with E-state index in [4.69, 9.17) is 27.9 Å². The highest BCUT2D eigenvalue weighted by atomic mass is 35.5. The Kier molecular flexibility index (Phi) is 5.17. The number of benzene rings is 2. The van der Waals surface area contributed by atoms with Crippen molar-refractivity contribution >= 4 is 51.1 Å². The minimum atomic E-state index is -0.308. The van der Waals surface area contributed by atoms with Crippen LogP contribution in [0.2, 0.25) is 10.0 Å². The average Bonchev–Trinajstić information content (AvgIpc) is 3.23. The minimum Gasteiger partial charge on any atom is -0.482 e. The Hall–Kier alpha value is -2.68. The standard InChI is InChI=1S/C18H13Cl2N5O2S/c1-10-22-23-18-25(10)24-17(28-18)11-3-2-4-13(7-11)21-16(26)9-27-15-6-5-12(19)8-14(15)20/h2-8H,9H2,1H3,(H,21,26). The molecule has 7 nitrogen and oxygen atoms in total. The zero-order valence-corrected chi connectivity index (χ0v) is 16.8. The Morgan fingerprint density at radius 1 is 1.21 bits per heavy atom. The summed E-state index contributed by atoms with van der Waals surface area (Å²) in [6.45, 7) is 1.66. The molecule has 0 fully saturated rings. The predicted octanol–water partition coefficient (Wildman–Crippen LogP) is 4.49. The first-order valence-corrected chi connectivity index (χ1v) is 9.74. The van der Waals surface area contributed by atoms with Crippen LogP contribution in [0.5, 0.6) is 5.75 Å². The van der Waals surface area contributed by atoms with Crippen LogP contribution >= 0.6 is 34.5 Å². The van der Waals surface area contributed by atoms with E-state index >= 15 is 0 Å². The topological polar surface area (TPSA) is 81.4 Å². The number of nitrogens with zero attached hydrogens (tertiary/aromatic N) is 4. The molecule has 0 saturated heterocycles. The lowest BCUT2D eigenvalue weighted by Gasteiger charge is -2.09. The third-order valence-electron chi connectivity index (χ3n) is 3.79. The molecule has 10 heteroatoms. The van der Waals surface area contributed by atoms with E-state index in [1.165, 1.54) is 11.3 Å². The molecular formula is C18H13Cl2N5O2S. The van der Waals surface area contributed by atoms with Crippen molar-refractivity contribution in [2.24, 2.45) is 0 Å². The molecule has 0 bridgehead atoms. The summed E-state index contributed by atoms with van der Waals surface area (Å²) in [6, 6.07) is 12.2. The normalized spacial score (nSPS) is 11.0. The summed E-state index contributed by atoms with van der Waals surface area (Å²) >= 11 is 13.3. The summed E-state index contributed by atoms with van der Waals surface area (Å²) in [5.74, 6) is 0.808. The molecule has 0 saturated carbocycles. The number of anilines is 1. The van der Waals surface area contributed by atoms with Crippen LogP contribution in [0.15, 0.2) is 42.5 Å². The van der Waals surface area contributed by atoms with Crippen molar-refractivity contribution in [1.29, 1.82) is 0 Å². The zero-order valence-electron chi connectivity index (χ0n) is 14.5. The molecule has 2 heterocycles. The first-order valence-electron chi connectivity index (χ1n) is 8.16. The summed E-state index contributed by atoms with van der Waals surface area (Å²) < 4.78 is 7.14. The monoisotopic (exact) mass is 433 g/mol. The largest absolute Gasteiger partial charge is 0.482 e. The summed E-state index contributed by atoms with van der Waals surface area (Å²) in [5, 5.41) is 17.0. The fraction of sp³-hybridized carbons (Fsp3) is 0.111. The second kappa shape index (κ2) is 7.75.